The van der Waals surface area contributed by atoms with Crippen molar-refractivity contribution in [1.82, 2.24) is 0 Å². The normalized spacial score (nSPS) is 14.9. The third kappa shape index (κ3) is 14.3. The fourth-order valence-corrected chi connectivity index (χ4v) is 4.60. The van der Waals surface area contributed by atoms with E-state index >= 15 is 0 Å². The SMILES string of the molecule is C=CCC.CCCC(C)O[Si](C)(CCCOC)OCC. The van der Waals surface area contributed by atoms with Crippen LogP contribution < -0.4 is 0 Å². The molecule has 0 saturated heterocycles. The van der Waals surface area contributed by atoms with Crippen LogP contribution in [0.4, 0.5) is 0 Å². The van der Waals surface area contributed by atoms with E-state index in [2.05, 4.69) is 33.9 Å². The minimum absolute atomic E-state index is 0.316. The van der Waals surface area contributed by atoms with E-state index in [-0.39, 0.29) is 0 Å². The largest absolute Gasteiger partial charge is 0.395 e. The second kappa shape index (κ2) is 15.2. The van der Waals surface area contributed by atoms with Crippen LogP contribution in [0.5, 0.6) is 0 Å². The van der Waals surface area contributed by atoms with Crippen LogP contribution in [0.2, 0.25) is 12.6 Å². The molecule has 2 unspecified atom stereocenters. The van der Waals surface area contributed by atoms with E-state index in [4.69, 9.17) is 13.6 Å². The molecule has 4 heteroatoms. The highest BCUT2D eigenvalue weighted by Gasteiger charge is 2.32. The first-order chi connectivity index (χ1) is 9.49. The molecule has 0 rings (SSSR count). The Balaban J connectivity index is 0. The van der Waals surface area contributed by atoms with Gasteiger partial charge >= 0.3 is 8.56 Å². The lowest BCUT2D eigenvalue weighted by atomic mass is 10.2. The van der Waals surface area contributed by atoms with Gasteiger partial charge in [0.2, 0.25) is 0 Å². The van der Waals surface area contributed by atoms with Gasteiger partial charge in [-0.1, -0.05) is 26.3 Å². The molecular formula is C16H36O3Si. The molecule has 0 aromatic heterocycles. The van der Waals surface area contributed by atoms with Crippen LogP contribution in [-0.4, -0.2) is 35.0 Å². The average molecular weight is 305 g/mol. The lowest BCUT2D eigenvalue weighted by Gasteiger charge is -2.30. The maximum atomic E-state index is 6.13. The fraction of sp³-hybridized carbons (Fsp3) is 0.875. The number of methoxy groups -OCH3 is 1. The van der Waals surface area contributed by atoms with Crippen molar-refractivity contribution in [3.05, 3.63) is 12.7 Å². The van der Waals surface area contributed by atoms with Crippen LogP contribution in [-0.2, 0) is 13.6 Å². The molecular weight excluding hydrogens is 268 g/mol. The minimum Gasteiger partial charge on any atom is -0.395 e. The Labute approximate surface area is 127 Å². The van der Waals surface area contributed by atoms with Gasteiger partial charge < -0.3 is 13.6 Å². The van der Waals surface area contributed by atoms with Crippen LogP contribution in [0.3, 0.4) is 0 Å². The van der Waals surface area contributed by atoms with Gasteiger partial charge in [0.25, 0.3) is 0 Å². The van der Waals surface area contributed by atoms with Crippen LogP contribution >= 0.6 is 0 Å². The van der Waals surface area contributed by atoms with Crippen molar-refractivity contribution in [3.63, 3.8) is 0 Å². The summed E-state index contributed by atoms with van der Waals surface area (Å²) in [6, 6.07) is 1.02. The van der Waals surface area contributed by atoms with Crippen LogP contribution in [0, 0.1) is 0 Å². The molecule has 0 bridgehead atoms. The van der Waals surface area contributed by atoms with E-state index in [1.807, 2.05) is 13.0 Å². The van der Waals surface area contributed by atoms with Crippen molar-refractivity contribution in [2.45, 2.75) is 72.1 Å². The number of hydrogen-bond acceptors (Lipinski definition) is 3. The highest BCUT2D eigenvalue weighted by molar-refractivity contribution is 6.66. The van der Waals surface area contributed by atoms with Gasteiger partial charge in [0, 0.05) is 26.4 Å². The van der Waals surface area contributed by atoms with E-state index in [1.54, 1.807) is 7.11 Å². The lowest BCUT2D eigenvalue weighted by Crippen LogP contribution is -2.41. The molecule has 0 aromatic rings. The first-order valence-corrected chi connectivity index (χ1v) is 10.4. The van der Waals surface area contributed by atoms with Gasteiger partial charge in [0.1, 0.15) is 0 Å². The first-order valence-electron chi connectivity index (χ1n) is 7.91. The average Bonchev–Trinajstić information content (AvgIpc) is 2.39. The van der Waals surface area contributed by atoms with Crippen molar-refractivity contribution < 1.29 is 13.6 Å². The van der Waals surface area contributed by atoms with E-state index < -0.39 is 8.56 Å². The van der Waals surface area contributed by atoms with E-state index in [0.29, 0.717) is 6.10 Å². The molecule has 0 N–H and O–H groups in total. The molecule has 20 heavy (non-hydrogen) atoms. The Bertz CT molecular complexity index is 212. The summed E-state index contributed by atoms with van der Waals surface area (Å²) in [5.74, 6) is 0. The van der Waals surface area contributed by atoms with E-state index in [9.17, 15) is 0 Å². The topological polar surface area (TPSA) is 27.7 Å². The van der Waals surface area contributed by atoms with Gasteiger partial charge in [-0.15, -0.1) is 6.58 Å². The molecule has 0 amide bonds. The summed E-state index contributed by atoms with van der Waals surface area (Å²) >= 11 is 0. The van der Waals surface area contributed by atoms with Crippen LogP contribution in [0.15, 0.2) is 12.7 Å². The molecule has 0 aliphatic carbocycles. The van der Waals surface area contributed by atoms with Gasteiger partial charge in [-0.2, -0.15) is 0 Å². The molecule has 0 aliphatic heterocycles. The Morgan fingerprint density at radius 3 is 2.25 bits per heavy atom. The maximum Gasteiger partial charge on any atom is 0.335 e. The van der Waals surface area contributed by atoms with Crippen molar-refractivity contribution in [2.24, 2.45) is 0 Å². The van der Waals surface area contributed by atoms with Gasteiger partial charge in [0.15, 0.2) is 0 Å². The molecule has 0 fully saturated rings. The molecule has 0 saturated carbocycles. The number of hydrogen-bond donors (Lipinski definition) is 0. The molecule has 0 aromatic carbocycles. The van der Waals surface area contributed by atoms with Crippen LogP contribution in [0.1, 0.15) is 53.4 Å². The molecule has 122 valence electrons. The molecule has 3 nitrogen and oxygen atoms in total. The van der Waals surface area contributed by atoms with Gasteiger partial charge in [-0.05, 0) is 45.7 Å². The smallest absolute Gasteiger partial charge is 0.335 e. The van der Waals surface area contributed by atoms with Gasteiger partial charge in [-0.3, -0.25) is 0 Å². The summed E-state index contributed by atoms with van der Waals surface area (Å²) in [6.45, 7) is 15.6. The highest BCUT2D eigenvalue weighted by Crippen LogP contribution is 2.19. The monoisotopic (exact) mass is 304 g/mol. The fourth-order valence-electron chi connectivity index (χ4n) is 1.90. The highest BCUT2D eigenvalue weighted by atomic mass is 28.4. The lowest BCUT2D eigenvalue weighted by molar-refractivity contribution is 0.120. The van der Waals surface area contributed by atoms with Crippen LogP contribution in [0.25, 0.3) is 0 Å². The van der Waals surface area contributed by atoms with E-state index in [0.717, 1.165) is 44.9 Å². The summed E-state index contributed by atoms with van der Waals surface area (Å²) in [4.78, 5) is 0. The Morgan fingerprint density at radius 1 is 1.25 bits per heavy atom. The zero-order valence-corrected chi connectivity index (χ0v) is 15.5. The van der Waals surface area contributed by atoms with E-state index in [1.165, 1.54) is 0 Å². The number of ether oxygens (including phenoxy) is 1. The molecule has 0 heterocycles. The maximum absolute atomic E-state index is 6.13. The minimum atomic E-state index is -1.97. The molecule has 2 atom stereocenters. The van der Waals surface area contributed by atoms with Crippen molar-refractivity contribution in [3.8, 4) is 0 Å². The Morgan fingerprint density at radius 2 is 1.85 bits per heavy atom. The van der Waals surface area contributed by atoms with Gasteiger partial charge in [-0.25, -0.2) is 0 Å². The summed E-state index contributed by atoms with van der Waals surface area (Å²) in [6.07, 6.45) is 6.57. The third-order valence-electron chi connectivity index (χ3n) is 2.86. The third-order valence-corrected chi connectivity index (χ3v) is 5.93. The quantitative estimate of drug-likeness (QED) is 0.308. The molecule has 0 aliphatic rings. The summed E-state index contributed by atoms with van der Waals surface area (Å²) < 4.78 is 17.1. The summed E-state index contributed by atoms with van der Waals surface area (Å²) in [5, 5.41) is 0. The zero-order chi connectivity index (χ0) is 15.9. The number of allylic oxidation sites excluding steroid dienone is 1. The Kier molecular flexibility index (Phi) is 16.8. The zero-order valence-electron chi connectivity index (χ0n) is 14.5. The molecule has 0 radical (unpaired) electrons. The van der Waals surface area contributed by atoms with Crippen molar-refractivity contribution >= 4 is 8.56 Å². The Hall–Kier alpha value is -0.163. The van der Waals surface area contributed by atoms with Gasteiger partial charge in [0.05, 0.1) is 0 Å². The molecule has 0 spiro atoms. The second-order valence-electron chi connectivity index (χ2n) is 5.08. The second-order valence-corrected chi connectivity index (χ2v) is 8.37. The first kappa shape index (κ1) is 22.1. The standard InChI is InChI=1S/C12H28O3Si.C4H8/c1-6-9-12(3)15-16(5,14-7-2)11-8-10-13-4;1-3-4-2/h12H,6-11H2,1-5H3;3H,1,4H2,2H3. The van der Waals surface area contributed by atoms with Crippen molar-refractivity contribution in [2.75, 3.05) is 20.3 Å². The van der Waals surface area contributed by atoms with Crippen molar-refractivity contribution in [1.29, 1.82) is 0 Å². The predicted octanol–water partition coefficient (Wildman–Crippen LogP) is 4.92. The number of rotatable bonds is 11. The summed E-state index contributed by atoms with van der Waals surface area (Å²) in [5.41, 5.74) is 0. The predicted molar refractivity (Wildman–Crippen MR) is 90.5 cm³/mol. The summed E-state index contributed by atoms with van der Waals surface area (Å²) in [7, 11) is -0.231.